The van der Waals surface area contributed by atoms with E-state index >= 15 is 0 Å². The summed E-state index contributed by atoms with van der Waals surface area (Å²) in [6.45, 7) is 2.80. The lowest BCUT2D eigenvalue weighted by Crippen LogP contribution is -2.28. The van der Waals surface area contributed by atoms with Crippen LogP contribution in [0.2, 0.25) is 0 Å². The Kier molecular flexibility index (Phi) is 6.37. The number of hydrogen-bond acceptors (Lipinski definition) is 3. The van der Waals surface area contributed by atoms with Crippen molar-refractivity contribution < 1.29 is 9.53 Å². The van der Waals surface area contributed by atoms with Gasteiger partial charge in [0.1, 0.15) is 5.75 Å². The third-order valence-corrected chi connectivity index (χ3v) is 2.24. The van der Waals surface area contributed by atoms with E-state index < -0.39 is 0 Å². The fraction of sp³-hybridized carbons (Fsp3) is 0.357. The lowest BCUT2D eigenvalue weighted by atomic mass is 10.3. The van der Waals surface area contributed by atoms with Crippen LogP contribution in [0.25, 0.3) is 0 Å². The highest BCUT2D eigenvalue weighted by Crippen LogP contribution is 2.16. The first-order valence-electron chi connectivity index (χ1n) is 5.80. The van der Waals surface area contributed by atoms with Gasteiger partial charge in [-0.1, -0.05) is 6.07 Å². The van der Waals surface area contributed by atoms with E-state index in [1.165, 1.54) is 0 Å². The second-order valence-corrected chi connectivity index (χ2v) is 3.63. The second kappa shape index (κ2) is 8.15. The van der Waals surface area contributed by atoms with Gasteiger partial charge >= 0.3 is 0 Å². The zero-order chi connectivity index (χ0) is 13.2. The minimum Gasteiger partial charge on any atom is -0.497 e. The molecule has 4 nitrogen and oxygen atoms in total. The van der Waals surface area contributed by atoms with Crippen LogP contribution in [0.5, 0.6) is 5.75 Å². The van der Waals surface area contributed by atoms with Crippen molar-refractivity contribution in [1.29, 1.82) is 0 Å². The lowest BCUT2D eigenvalue weighted by Gasteiger charge is -2.07. The second-order valence-electron chi connectivity index (χ2n) is 3.63. The van der Waals surface area contributed by atoms with Crippen molar-refractivity contribution in [3.63, 3.8) is 0 Å². The number of benzene rings is 1. The highest BCUT2D eigenvalue weighted by Gasteiger charge is 2.02. The van der Waals surface area contributed by atoms with E-state index in [1.54, 1.807) is 20.1 Å². The summed E-state index contributed by atoms with van der Waals surface area (Å²) in [5, 5.41) is 5.81. The Labute approximate surface area is 108 Å². The molecule has 1 aromatic carbocycles. The number of ether oxygens (including phenoxy) is 1. The molecule has 0 heterocycles. The van der Waals surface area contributed by atoms with Crippen LogP contribution in [-0.2, 0) is 4.79 Å². The fourth-order valence-electron chi connectivity index (χ4n) is 1.38. The van der Waals surface area contributed by atoms with Crippen molar-refractivity contribution in [1.82, 2.24) is 5.32 Å². The van der Waals surface area contributed by atoms with Crippen molar-refractivity contribution in [2.75, 3.05) is 25.5 Å². The van der Waals surface area contributed by atoms with Crippen LogP contribution in [0.15, 0.2) is 24.3 Å². The van der Waals surface area contributed by atoms with Gasteiger partial charge < -0.3 is 15.4 Å². The van der Waals surface area contributed by atoms with Gasteiger partial charge in [0.25, 0.3) is 0 Å². The van der Waals surface area contributed by atoms with Gasteiger partial charge in [-0.2, -0.15) is 0 Å². The van der Waals surface area contributed by atoms with E-state index in [2.05, 4.69) is 22.5 Å². The third-order valence-electron chi connectivity index (χ3n) is 2.24. The number of rotatable bonds is 6. The molecule has 0 bridgehead atoms. The van der Waals surface area contributed by atoms with E-state index in [4.69, 9.17) is 4.74 Å². The molecule has 0 aliphatic carbocycles. The van der Waals surface area contributed by atoms with Gasteiger partial charge in [0.15, 0.2) is 0 Å². The summed E-state index contributed by atoms with van der Waals surface area (Å²) in [4.78, 5) is 11.6. The Morgan fingerprint density at radius 2 is 2.28 bits per heavy atom. The van der Waals surface area contributed by atoms with E-state index in [0.29, 0.717) is 6.54 Å². The van der Waals surface area contributed by atoms with Crippen molar-refractivity contribution in [3.05, 3.63) is 24.3 Å². The summed E-state index contributed by atoms with van der Waals surface area (Å²) in [6, 6.07) is 7.26. The number of carbonyl (C=O) groups is 1. The fourth-order valence-corrected chi connectivity index (χ4v) is 1.38. The highest BCUT2D eigenvalue weighted by atomic mass is 16.5. The quantitative estimate of drug-likeness (QED) is 0.592. The molecular formula is C14H18N2O2. The van der Waals surface area contributed by atoms with Gasteiger partial charge in [-0.05, 0) is 19.1 Å². The maximum Gasteiger partial charge on any atom is 0.238 e. The van der Waals surface area contributed by atoms with E-state index in [9.17, 15) is 4.79 Å². The Bertz CT molecular complexity index is 447. The molecule has 0 radical (unpaired) electrons. The average molecular weight is 246 g/mol. The lowest BCUT2D eigenvalue weighted by molar-refractivity contribution is -0.115. The molecule has 1 amide bonds. The molecule has 1 rings (SSSR count). The SMILES string of the molecule is CC#CCCNCC(=O)Nc1cccc(OC)c1. The molecule has 0 saturated carbocycles. The smallest absolute Gasteiger partial charge is 0.238 e. The zero-order valence-electron chi connectivity index (χ0n) is 10.7. The number of nitrogens with one attached hydrogen (secondary N) is 2. The Hall–Kier alpha value is -1.99. The predicted octanol–water partition coefficient (Wildman–Crippen LogP) is 1.64. The number of amides is 1. The highest BCUT2D eigenvalue weighted by molar-refractivity contribution is 5.92. The first-order valence-corrected chi connectivity index (χ1v) is 5.80. The van der Waals surface area contributed by atoms with Crippen LogP contribution in [0.3, 0.4) is 0 Å². The van der Waals surface area contributed by atoms with Crippen LogP contribution in [0.1, 0.15) is 13.3 Å². The van der Waals surface area contributed by atoms with Crippen molar-refractivity contribution in [3.8, 4) is 17.6 Å². The van der Waals surface area contributed by atoms with Gasteiger partial charge in [-0.15, -0.1) is 11.8 Å². The summed E-state index contributed by atoms with van der Waals surface area (Å²) in [6.07, 6.45) is 0.753. The monoisotopic (exact) mass is 246 g/mol. The van der Waals surface area contributed by atoms with Gasteiger partial charge in [0.05, 0.1) is 13.7 Å². The Balaban J connectivity index is 2.32. The molecule has 0 spiro atoms. The number of methoxy groups -OCH3 is 1. The molecule has 1 aromatic rings. The van der Waals surface area contributed by atoms with E-state index in [0.717, 1.165) is 17.9 Å². The molecule has 0 aliphatic heterocycles. The van der Waals surface area contributed by atoms with Crippen molar-refractivity contribution in [2.45, 2.75) is 13.3 Å². The van der Waals surface area contributed by atoms with Gasteiger partial charge in [-0.3, -0.25) is 4.79 Å². The Morgan fingerprint density at radius 3 is 3.00 bits per heavy atom. The predicted molar refractivity (Wildman–Crippen MR) is 72.6 cm³/mol. The molecule has 2 N–H and O–H groups in total. The average Bonchev–Trinajstić information content (AvgIpc) is 2.38. The summed E-state index contributed by atoms with van der Waals surface area (Å²) >= 11 is 0. The van der Waals surface area contributed by atoms with Crippen LogP contribution in [0.4, 0.5) is 5.69 Å². The summed E-state index contributed by atoms with van der Waals surface area (Å²) in [7, 11) is 1.59. The van der Waals surface area contributed by atoms with E-state index in [-0.39, 0.29) is 12.5 Å². The molecule has 0 aromatic heterocycles. The summed E-state index contributed by atoms with van der Waals surface area (Å²) in [5.74, 6) is 6.37. The molecule has 0 saturated heterocycles. The van der Waals surface area contributed by atoms with Crippen molar-refractivity contribution >= 4 is 11.6 Å². The van der Waals surface area contributed by atoms with Crippen molar-refractivity contribution in [2.24, 2.45) is 0 Å². The first-order chi connectivity index (χ1) is 8.76. The molecule has 96 valence electrons. The molecule has 0 atom stereocenters. The van der Waals surface area contributed by atoms with Crippen LogP contribution >= 0.6 is 0 Å². The summed E-state index contributed by atoms with van der Waals surface area (Å²) in [5.41, 5.74) is 0.731. The maximum atomic E-state index is 11.6. The number of carbonyl (C=O) groups excluding carboxylic acids is 1. The standard InChI is InChI=1S/C14H18N2O2/c1-3-4-5-9-15-11-14(17)16-12-7-6-8-13(10-12)18-2/h6-8,10,15H,5,9,11H2,1-2H3,(H,16,17). The zero-order valence-corrected chi connectivity index (χ0v) is 10.7. The largest absolute Gasteiger partial charge is 0.497 e. The molecule has 0 aliphatic rings. The molecule has 4 heteroatoms. The number of anilines is 1. The van der Waals surface area contributed by atoms with Gasteiger partial charge in [0.2, 0.25) is 5.91 Å². The molecule has 0 unspecified atom stereocenters. The number of hydrogen-bond donors (Lipinski definition) is 2. The van der Waals surface area contributed by atoms with E-state index in [1.807, 2.05) is 18.2 Å². The third kappa shape index (κ3) is 5.37. The van der Waals surface area contributed by atoms with Crippen LogP contribution in [-0.4, -0.2) is 26.1 Å². The summed E-state index contributed by atoms with van der Waals surface area (Å²) < 4.78 is 5.08. The van der Waals surface area contributed by atoms with Crippen LogP contribution in [0, 0.1) is 11.8 Å². The maximum absolute atomic E-state index is 11.6. The minimum absolute atomic E-state index is 0.0762. The minimum atomic E-state index is -0.0762. The van der Waals surface area contributed by atoms with Crippen LogP contribution < -0.4 is 15.4 Å². The molecular weight excluding hydrogens is 228 g/mol. The van der Waals surface area contributed by atoms with Gasteiger partial charge in [0, 0.05) is 24.7 Å². The molecule has 18 heavy (non-hydrogen) atoms. The first kappa shape index (κ1) is 14.1. The topological polar surface area (TPSA) is 50.4 Å². The Morgan fingerprint density at radius 1 is 1.44 bits per heavy atom. The van der Waals surface area contributed by atoms with Gasteiger partial charge in [-0.25, -0.2) is 0 Å². The normalized spacial score (nSPS) is 9.22. The molecule has 0 fully saturated rings.